The summed E-state index contributed by atoms with van der Waals surface area (Å²) in [5.41, 5.74) is 4.05. The Balaban J connectivity index is 2.23. The van der Waals surface area contributed by atoms with E-state index in [4.69, 9.17) is 10.6 Å². The molecule has 0 amide bonds. The quantitative estimate of drug-likeness (QED) is 0.571. The largest absolute Gasteiger partial charge is 0.493 e. The number of aromatic nitrogens is 2. The van der Waals surface area contributed by atoms with Crippen molar-refractivity contribution in [2.24, 2.45) is 11.8 Å². The number of hydrogen-bond donors (Lipinski definition) is 2. The van der Waals surface area contributed by atoms with Gasteiger partial charge in [-0.3, -0.25) is 16.0 Å². The summed E-state index contributed by atoms with van der Waals surface area (Å²) in [5, 5.41) is 4.46. The standard InChI is InChI=1S/C13H25N5OS/c1-17(2)5-6-18-13(11(19-3)8-15-18)12(16-14)10-4-7-20-9-10/h8,10,12,16H,4-7,9,14H2,1-3H3. The molecule has 0 saturated carbocycles. The van der Waals surface area contributed by atoms with Gasteiger partial charge in [0.05, 0.1) is 31.6 Å². The molecule has 1 aliphatic heterocycles. The highest BCUT2D eigenvalue weighted by Gasteiger charge is 2.31. The molecule has 1 aromatic heterocycles. The van der Waals surface area contributed by atoms with Crippen molar-refractivity contribution in [2.45, 2.75) is 19.0 Å². The van der Waals surface area contributed by atoms with Gasteiger partial charge in [-0.25, -0.2) is 0 Å². The minimum atomic E-state index is 0.101. The van der Waals surface area contributed by atoms with Crippen LogP contribution in [0.4, 0.5) is 0 Å². The highest BCUT2D eigenvalue weighted by Crippen LogP contribution is 2.37. The fourth-order valence-corrected chi connectivity index (χ4v) is 3.87. The van der Waals surface area contributed by atoms with Crippen LogP contribution >= 0.6 is 11.8 Å². The summed E-state index contributed by atoms with van der Waals surface area (Å²) in [5.74, 6) is 9.53. The number of thioether (sulfide) groups is 1. The molecule has 20 heavy (non-hydrogen) atoms. The van der Waals surface area contributed by atoms with E-state index in [0.29, 0.717) is 5.92 Å². The fourth-order valence-electron chi connectivity index (χ4n) is 2.58. The van der Waals surface area contributed by atoms with E-state index in [1.165, 1.54) is 12.2 Å². The van der Waals surface area contributed by atoms with Gasteiger partial charge in [-0.05, 0) is 37.9 Å². The van der Waals surface area contributed by atoms with Crippen LogP contribution in [-0.4, -0.2) is 53.9 Å². The molecule has 2 rings (SSSR count). The molecule has 6 nitrogen and oxygen atoms in total. The van der Waals surface area contributed by atoms with Gasteiger partial charge >= 0.3 is 0 Å². The first-order chi connectivity index (χ1) is 9.67. The molecule has 0 aromatic carbocycles. The highest BCUT2D eigenvalue weighted by atomic mass is 32.2. The third-order valence-electron chi connectivity index (χ3n) is 3.73. The van der Waals surface area contributed by atoms with Crippen molar-refractivity contribution in [1.29, 1.82) is 0 Å². The van der Waals surface area contributed by atoms with Crippen LogP contribution in [0.1, 0.15) is 18.2 Å². The van der Waals surface area contributed by atoms with Crippen molar-refractivity contribution in [3.8, 4) is 5.75 Å². The Labute approximate surface area is 125 Å². The molecule has 0 bridgehead atoms. The van der Waals surface area contributed by atoms with Gasteiger partial charge in [-0.2, -0.15) is 16.9 Å². The number of hydrazine groups is 1. The molecule has 2 unspecified atom stereocenters. The van der Waals surface area contributed by atoms with Gasteiger partial charge < -0.3 is 9.64 Å². The van der Waals surface area contributed by atoms with Crippen molar-refractivity contribution < 1.29 is 4.74 Å². The third-order valence-corrected chi connectivity index (χ3v) is 4.92. The number of methoxy groups -OCH3 is 1. The summed E-state index contributed by atoms with van der Waals surface area (Å²) in [7, 11) is 5.81. The first-order valence-corrected chi connectivity index (χ1v) is 8.11. The maximum absolute atomic E-state index is 5.83. The molecule has 1 saturated heterocycles. The maximum Gasteiger partial charge on any atom is 0.161 e. The number of hydrogen-bond acceptors (Lipinski definition) is 6. The van der Waals surface area contributed by atoms with Crippen molar-refractivity contribution in [2.75, 3.05) is 39.3 Å². The zero-order valence-electron chi connectivity index (χ0n) is 12.5. The Bertz CT molecular complexity index is 417. The van der Waals surface area contributed by atoms with Gasteiger partial charge in [0.2, 0.25) is 0 Å². The van der Waals surface area contributed by atoms with E-state index in [-0.39, 0.29) is 6.04 Å². The lowest BCUT2D eigenvalue weighted by Crippen LogP contribution is -2.36. The predicted octanol–water partition coefficient (Wildman–Crippen LogP) is 0.711. The molecule has 2 heterocycles. The molecule has 0 aliphatic carbocycles. The number of nitrogens with one attached hydrogen (secondary N) is 1. The maximum atomic E-state index is 5.83. The number of rotatable bonds is 7. The number of ether oxygens (including phenoxy) is 1. The molecule has 3 N–H and O–H groups in total. The van der Waals surface area contributed by atoms with Crippen molar-refractivity contribution in [1.82, 2.24) is 20.1 Å². The molecule has 1 fully saturated rings. The summed E-state index contributed by atoms with van der Waals surface area (Å²) in [6.07, 6.45) is 2.97. The smallest absolute Gasteiger partial charge is 0.161 e. The van der Waals surface area contributed by atoms with Crippen LogP contribution in [0.15, 0.2) is 6.20 Å². The van der Waals surface area contributed by atoms with E-state index in [0.717, 1.165) is 30.3 Å². The Morgan fingerprint density at radius 2 is 2.45 bits per heavy atom. The van der Waals surface area contributed by atoms with Gasteiger partial charge in [0.1, 0.15) is 0 Å². The lowest BCUT2D eigenvalue weighted by Gasteiger charge is -2.24. The average Bonchev–Trinajstić information content (AvgIpc) is 3.07. The minimum Gasteiger partial charge on any atom is -0.493 e. The third kappa shape index (κ3) is 3.46. The van der Waals surface area contributed by atoms with Crippen LogP contribution in [0.2, 0.25) is 0 Å². The van der Waals surface area contributed by atoms with Gasteiger partial charge in [-0.15, -0.1) is 0 Å². The molecule has 7 heteroatoms. The summed E-state index contributed by atoms with van der Waals surface area (Å²) in [4.78, 5) is 2.15. The van der Waals surface area contributed by atoms with Crippen LogP contribution in [0, 0.1) is 5.92 Å². The second-order valence-electron chi connectivity index (χ2n) is 5.39. The fraction of sp³-hybridized carbons (Fsp3) is 0.769. The molecule has 0 radical (unpaired) electrons. The predicted molar refractivity (Wildman–Crippen MR) is 82.8 cm³/mol. The zero-order chi connectivity index (χ0) is 14.5. The van der Waals surface area contributed by atoms with E-state index in [2.05, 4.69) is 29.5 Å². The summed E-state index contributed by atoms with van der Waals surface area (Å²) in [6.45, 7) is 1.78. The number of nitrogens with two attached hydrogens (primary N) is 1. The minimum absolute atomic E-state index is 0.101. The Kier molecular flexibility index (Phi) is 5.71. The molecular weight excluding hydrogens is 274 g/mol. The summed E-state index contributed by atoms with van der Waals surface area (Å²) < 4.78 is 7.50. The molecule has 1 aliphatic rings. The molecular formula is C13H25N5OS. The van der Waals surface area contributed by atoms with E-state index in [1.54, 1.807) is 13.3 Å². The molecule has 0 spiro atoms. The number of likely N-dealkylation sites (N-methyl/N-ethyl adjacent to an activating group) is 1. The average molecular weight is 299 g/mol. The van der Waals surface area contributed by atoms with Gasteiger partial charge in [0, 0.05) is 6.54 Å². The first-order valence-electron chi connectivity index (χ1n) is 6.95. The molecule has 1 aromatic rings. The number of nitrogens with zero attached hydrogens (tertiary/aromatic N) is 3. The Morgan fingerprint density at radius 1 is 1.65 bits per heavy atom. The Morgan fingerprint density at radius 3 is 3.00 bits per heavy atom. The van der Waals surface area contributed by atoms with Crippen LogP contribution < -0.4 is 16.0 Å². The second-order valence-corrected chi connectivity index (χ2v) is 6.54. The SMILES string of the molecule is COc1cnn(CCN(C)C)c1C(NN)C1CCSC1. The highest BCUT2D eigenvalue weighted by molar-refractivity contribution is 7.99. The molecule has 2 atom stereocenters. The van der Waals surface area contributed by atoms with Crippen molar-refractivity contribution in [3.63, 3.8) is 0 Å². The lowest BCUT2D eigenvalue weighted by atomic mass is 9.96. The lowest BCUT2D eigenvalue weighted by molar-refractivity contribution is 0.327. The summed E-state index contributed by atoms with van der Waals surface area (Å²) >= 11 is 1.99. The first kappa shape index (κ1) is 15.6. The topological polar surface area (TPSA) is 68.3 Å². The van der Waals surface area contributed by atoms with Crippen LogP contribution in [0.3, 0.4) is 0 Å². The van der Waals surface area contributed by atoms with Crippen LogP contribution in [-0.2, 0) is 6.54 Å². The monoisotopic (exact) mass is 299 g/mol. The van der Waals surface area contributed by atoms with Gasteiger partial charge in [0.25, 0.3) is 0 Å². The van der Waals surface area contributed by atoms with Gasteiger partial charge in [-0.1, -0.05) is 0 Å². The summed E-state index contributed by atoms with van der Waals surface area (Å²) in [6, 6.07) is 0.101. The van der Waals surface area contributed by atoms with Gasteiger partial charge in [0.15, 0.2) is 5.75 Å². The van der Waals surface area contributed by atoms with E-state index in [9.17, 15) is 0 Å². The van der Waals surface area contributed by atoms with Crippen molar-refractivity contribution >= 4 is 11.8 Å². The van der Waals surface area contributed by atoms with E-state index in [1.807, 2.05) is 16.4 Å². The second kappa shape index (κ2) is 7.31. The van der Waals surface area contributed by atoms with Crippen LogP contribution in [0.5, 0.6) is 5.75 Å². The van der Waals surface area contributed by atoms with Crippen molar-refractivity contribution in [3.05, 3.63) is 11.9 Å². The Hall–Kier alpha value is -0.760. The molecule has 114 valence electrons. The van der Waals surface area contributed by atoms with Crippen LogP contribution in [0.25, 0.3) is 0 Å². The van der Waals surface area contributed by atoms with E-state index < -0.39 is 0 Å². The zero-order valence-corrected chi connectivity index (χ0v) is 13.3. The normalized spacial score (nSPS) is 20.6. The van der Waals surface area contributed by atoms with E-state index >= 15 is 0 Å².